The van der Waals surface area contributed by atoms with Crippen LogP contribution in [0.1, 0.15) is 19.0 Å². The number of fused-ring (bicyclic) bond motifs is 2. The number of nitrogens with zero attached hydrogens (tertiary/aromatic N) is 4. The lowest BCUT2D eigenvalue weighted by Crippen LogP contribution is -2.60. The predicted octanol–water partition coefficient (Wildman–Crippen LogP) is 0.597. The molecule has 4 heterocycles. The molecule has 2 fully saturated rings. The van der Waals surface area contributed by atoms with E-state index in [1.165, 1.54) is 0 Å². The molecule has 2 aromatic heterocycles. The number of sulfone groups is 1. The van der Waals surface area contributed by atoms with Gasteiger partial charge in [-0.1, -0.05) is 13.0 Å². The number of piperazine rings is 1. The van der Waals surface area contributed by atoms with Crippen LogP contribution in [-0.2, 0) is 21.1 Å². The summed E-state index contributed by atoms with van der Waals surface area (Å²) < 4.78 is 26.4. The maximum atomic E-state index is 13.0. The highest BCUT2D eigenvalue weighted by Crippen LogP contribution is 2.27. The Balaban J connectivity index is 1.56. The van der Waals surface area contributed by atoms with Crippen LogP contribution < -0.4 is 0 Å². The summed E-state index contributed by atoms with van der Waals surface area (Å²) in [5.74, 6) is 0.229. The highest BCUT2D eigenvalue weighted by molar-refractivity contribution is 7.91. The summed E-state index contributed by atoms with van der Waals surface area (Å²) in [7, 11) is -3.10. The van der Waals surface area contributed by atoms with Crippen LogP contribution in [0.4, 0.5) is 0 Å². The van der Waals surface area contributed by atoms with E-state index >= 15 is 0 Å². The summed E-state index contributed by atoms with van der Waals surface area (Å²) in [5, 5.41) is 0. The van der Waals surface area contributed by atoms with Gasteiger partial charge in [-0.2, -0.15) is 0 Å². The Bertz CT molecular complexity index is 923. The van der Waals surface area contributed by atoms with Crippen molar-refractivity contribution >= 4 is 21.4 Å². The Morgan fingerprint density at radius 1 is 1.23 bits per heavy atom. The minimum atomic E-state index is -3.10. The second-order valence-electron chi connectivity index (χ2n) is 7.19. The molecular formula is C18H24N4O3S. The minimum Gasteiger partial charge on any atom is -0.335 e. The monoisotopic (exact) mass is 376 g/mol. The van der Waals surface area contributed by atoms with Crippen molar-refractivity contribution in [2.45, 2.75) is 31.8 Å². The van der Waals surface area contributed by atoms with Crippen molar-refractivity contribution in [3.05, 3.63) is 36.3 Å². The third-order valence-corrected chi connectivity index (χ3v) is 7.15. The summed E-state index contributed by atoms with van der Waals surface area (Å²) >= 11 is 0. The van der Waals surface area contributed by atoms with Gasteiger partial charge in [0.25, 0.3) is 0 Å². The molecule has 0 saturated carbocycles. The fourth-order valence-electron chi connectivity index (χ4n) is 4.27. The second kappa shape index (κ2) is 6.66. The van der Waals surface area contributed by atoms with Gasteiger partial charge in [0.05, 0.1) is 29.7 Å². The summed E-state index contributed by atoms with van der Waals surface area (Å²) in [5.41, 5.74) is 1.64. The van der Waals surface area contributed by atoms with Gasteiger partial charge < -0.3 is 9.30 Å². The number of amides is 1. The quantitative estimate of drug-likeness (QED) is 0.781. The first-order valence-corrected chi connectivity index (χ1v) is 11.0. The Morgan fingerprint density at radius 2 is 2.04 bits per heavy atom. The molecule has 0 N–H and O–H groups in total. The molecule has 0 radical (unpaired) electrons. The van der Waals surface area contributed by atoms with Crippen LogP contribution in [-0.4, -0.2) is 76.7 Å². The lowest BCUT2D eigenvalue weighted by Gasteiger charge is -2.44. The van der Waals surface area contributed by atoms with Gasteiger partial charge >= 0.3 is 0 Å². The second-order valence-corrected chi connectivity index (χ2v) is 9.34. The number of carbonyl (C=O) groups is 1. The van der Waals surface area contributed by atoms with Gasteiger partial charge in [-0.05, 0) is 25.1 Å². The van der Waals surface area contributed by atoms with Crippen molar-refractivity contribution < 1.29 is 13.2 Å². The molecule has 0 spiro atoms. The average molecular weight is 376 g/mol. The number of rotatable bonds is 4. The van der Waals surface area contributed by atoms with Crippen LogP contribution in [0.3, 0.4) is 0 Å². The predicted molar refractivity (Wildman–Crippen MR) is 98.7 cm³/mol. The smallest absolute Gasteiger partial charge is 0.228 e. The van der Waals surface area contributed by atoms with E-state index in [1.807, 2.05) is 28.8 Å². The zero-order chi connectivity index (χ0) is 18.3. The molecule has 26 heavy (non-hydrogen) atoms. The van der Waals surface area contributed by atoms with Crippen molar-refractivity contribution in [2.75, 3.05) is 31.1 Å². The Kier molecular flexibility index (Phi) is 4.48. The fraction of sp³-hybridized carbons (Fsp3) is 0.556. The van der Waals surface area contributed by atoms with Gasteiger partial charge in [0, 0.05) is 31.5 Å². The van der Waals surface area contributed by atoms with Gasteiger partial charge in [-0.3, -0.25) is 9.69 Å². The maximum absolute atomic E-state index is 13.0. The number of aromatic nitrogens is 2. The zero-order valence-corrected chi connectivity index (χ0v) is 15.7. The van der Waals surface area contributed by atoms with Crippen molar-refractivity contribution in [3.63, 3.8) is 0 Å². The number of carbonyl (C=O) groups excluding carboxylic acids is 1. The highest BCUT2D eigenvalue weighted by atomic mass is 32.2. The van der Waals surface area contributed by atoms with E-state index in [0.29, 0.717) is 6.54 Å². The summed E-state index contributed by atoms with van der Waals surface area (Å²) in [6, 6.07) is 5.42. The molecule has 2 aliphatic rings. The molecule has 4 rings (SSSR count). The van der Waals surface area contributed by atoms with Gasteiger partial charge in [-0.25, -0.2) is 13.4 Å². The summed E-state index contributed by atoms with van der Waals surface area (Å²) in [6.07, 6.45) is 4.84. The number of hydrogen-bond donors (Lipinski definition) is 0. The first kappa shape index (κ1) is 17.5. The van der Waals surface area contributed by atoms with E-state index in [0.717, 1.165) is 30.9 Å². The number of imidazole rings is 1. The van der Waals surface area contributed by atoms with Crippen LogP contribution in [0.5, 0.6) is 0 Å². The van der Waals surface area contributed by atoms with Crippen molar-refractivity contribution in [1.82, 2.24) is 19.2 Å². The van der Waals surface area contributed by atoms with Crippen molar-refractivity contribution in [2.24, 2.45) is 0 Å². The van der Waals surface area contributed by atoms with Crippen LogP contribution >= 0.6 is 0 Å². The Morgan fingerprint density at radius 3 is 2.85 bits per heavy atom. The molecular weight excluding hydrogens is 352 g/mol. The number of hydrogen-bond acceptors (Lipinski definition) is 5. The molecule has 0 unspecified atom stereocenters. The molecule has 7 nitrogen and oxygen atoms in total. The van der Waals surface area contributed by atoms with E-state index in [1.54, 1.807) is 11.1 Å². The lowest BCUT2D eigenvalue weighted by atomic mass is 10.0. The SMILES string of the molecule is CCCN1CCN(C(=O)Cc2cnc3ccccn23)[C@@H]2CS(=O)(=O)C[C@@H]21. The average Bonchev–Trinajstić information content (AvgIpc) is 3.15. The third kappa shape index (κ3) is 3.12. The molecule has 140 valence electrons. The van der Waals surface area contributed by atoms with Crippen LogP contribution in [0.25, 0.3) is 5.65 Å². The van der Waals surface area contributed by atoms with Crippen LogP contribution in [0.2, 0.25) is 0 Å². The Hall–Kier alpha value is -1.93. The van der Waals surface area contributed by atoms with E-state index in [-0.39, 0.29) is 35.9 Å². The molecule has 2 aromatic rings. The van der Waals surface area contributed by atoms with Gasteiger partial charge in [0.2, 0.25) is 5.91 Å². The standard InChI is InChI=1S/C18H24N4O3S/c1-2-6-20-8-9-22(16-13-26(24,25)12-15(16)20)18(23)10-14-11-19-17-5-3-4-7-21(14)17/h3-5,7,11,15-16H,2,6,8-10,12-13H2,1H3/t15-,16+/m0/s1. The van der Waals surface area contributed by atoms with E-state index in [9.17, 15) is 13.2 Å². The Labute approximate surface area is 153 Å². The molecule has 0 aromatic carbocycles. The van der Waals surface area contributed by atoms with Crippen molar-refractivity contribution in [1.29, 1.82) is 0 Å². The molecule has 8 heteroatoms. The fourth-order valence-corrected chi connectivity index (χ4v) is 6.28. The van der Waals surface area contributed by atoms with Gasteiger partial charge in [0.15, 0.2) is 9.84 Å². The maximum Gasteiger partial charge on any atom is 0.228 e. The van der Waals surface area contributed by atoms with E-state index in [4.69, 9.17) is 0 Å². The largest absolute Gasteiger partial charge is 0.335 e. The van der Waals surface area contributed by atoms with Crippen LogP contribution in [0.15, 0.2) is 30.6 Å². The summed E-state index contributed by atoms with van der Waals surface area (Å²) in [6.45, 7) is 4.31. The molecule has 2 atom stereocenters. The highest BCUT2D eigenvalue weighted by Gasteiger charge is 2.47. The van der Waals surface area contributed by atoms with Gasteiger partial charge in [0.1, 0.15) is 5.65 Å². The first-order chi connectivity index (χ1) is 12.5. The first-order valence-electron chi connectivity index (χ1n) is 9.13. The summed E-state index contributed by atoms with van der Waals surface area (Å²) in [4.78, 5) is 21.4. The normalized spacial score (nSPS) is 25.5. The zero-order valence-electron chi connectivity index (χ0n) is 14.9. The molecule has 2 aliphatic heterocycles. The van der Waals surface area contributed by atoms with Gasteiger partial charge in [-0.15, -0.1) is 0 Å². The molecule has 0 bridgehead atoms. The van der Waals surface area contributed by atoms with E-state index < -0.39 is 9.84 Å². The molecule has 0 aliphatic carbocycles. The molecule has 2 saturated heterocycles. The topological polar surface area (TPSA) is 75.0 Å². The lowest BCUT2D eigenvalue weighted by molar-refractivity contribution is -0.136. The number of pyridine rings is 1. The van der Waals surface area contributed by atoms with Crippen molar-refractivity contribution in [3.8, 4) is 0 Å². The molecule has 1 amide bonds. The van der Waals surface area contributed by atoms with E-state index in [2.05, 4.69) is 16.8 Å². The van der Waals surface area contributed by atoms with Crippen LogP contribution in [0, 0.1) is 0 Å². The third-order valence-electron chi connectivity index (χ3n) is 5.45. The minimum absolute atomic E-state index is 0.0149.